The smallest absolute Gasteiger partial charge is 0.0834 e. The number of hydrogen-bond donors (Lipinski definition) is 1. The summed E-state index contributed by atoms with van der Waals surface area (Å²) in [6, 6.07) is 0.217. The quantitative estimate of drug-likeness (QED) is 0.873. The van der Waals surface area contributed by atoms with Gasteiger partial charge in [-0.15, -0.1) is 0 Å². The number of hydrogen-bond acceptors (Lipinski definition) is 3. The van der Waals surface area contributed by atoms with Gasteiger partial charge in [-0.3, -0.25) is 4.68 Å². The van der Waals surface area contributed by atoms with Crippen LogP contribution in [0.15, 0.2) is 6.20 Å². The third-order valence-corrected chi connectivity index (χ3v) is 5.27. The third-order valence-electron chi connectivity index (χ3n) is 4.98. The predicted molar refractivity (Wildman–Crippen MR) is 88.8 cm³/mol. The zero-order valence-corrected chi connectivity index (χ0v) is 14.6. The summed E-state index contributed by atoms with van der Waals surface area (Å²) in [6.45, 7) is 3.10. The topological polar surface area (TPSA) is 33.1 Å². The van der Waals surface area contributed by atoms with Crippen LogP contribution in [-0.4, -0.2) is 41.4 Å². The highest BCUT2D eigenvalue weighted by molar-refractivity contribution is 6.31. The molecule has 4 nitrogen and oxygen atoms in total. The van der Waals surface area contributed by atoms with Gasteiger partial charge < -0.3 is 10.2 Å². The molecular formula is C16H29ClN4. The molecule has 1 N–H and O–H groups in total. The minimum absolute atomic E-state index is 0.127. The highest BCUT2D eigenvalue weighted by Crippen LogP contribution is 2.43. The number of nitrogens with one attached hydrogen (secondary N) is 1. The Balaban J connectivity index is 2.43. The number of halogens is 1. The molecule has 1 heterocycles. The molecule has 1 aromatic heterocycles. The van der Waals surface area contributed by atoms with E-state index in [-0.39, 0.29) is 11.6 Å². The van der Waals surface area contributed by atoms with Crippen molar-refractivity contribution in [3.05, 3.63) is 16.9 Å². The van der Waals surface area contributed by atoms with Crippen molar-refractivity contribution < 1.29 is 0 Å². The fraction of sp³-hybridized carbons (Fsp3) is 0.812. The number of aryl methyl sites for hydroxylation is 1. The molecule has 1 saturated carbocycles. The highest BCUT2D eigenvalue weighted by atomic mass is 35.5. The molecule has 1 aromatic rings. The standard InChI is InChI=1S/C16H29ClN4/c1-5-11-21-14(13(17)12-19-21)15(18-2)16(20(3)4)9-7-6-8-10-16/h12,15,18H,5-11H2,1-4H3. The van der Waals surface area contributed by atoms with Crippen LogP contribution in [0.4, 0.5) is 0 Å². The zero-order valence-electron chi connectivity index (χ0n) is 13.8. The van der Waals surface area contributed by atoms with Crippen LogP contribution in [0, 0.1) is 0 Å². The van der Waals surface area contributed by atoms with E-state index in [2.05, 4.69) is 41.0 Å². The normalized spacial score (nSPS) is 19.9. The Morgan fingerprint density at radius 2 is 2.05 bits per heavy atom. The summed E-state index contributed by atoms with van der Waals surface area (Å²) in [4.78, 5) is 2.40. The summed E-state index contributed by atoms with van der Waals surface area (Å²) in [5.41, 5.74) is 1.28. The van der Waals surface area contributed by atoms with Crippen molar-refractivity contribution in [3.8, 4) is 0 Å². The van der Waals surface area contributed by atoms with Gasteiger partial charge in [-0.1, -0.05) is 37.8 Å². The lowest BCUT2D eigenvalue weighted by molar-refractivity contribution is 0.0560. The van der Waals surface area contributed by atoms with Crippen LogP contribution in [0.2, 0.25) is 5.02 Å². The first-order valence-electron chi connectivity index (χ1n) is 8.12. The Bertz CT molecular complexity index is 449. The largest absolute Gasteiger partial charge is 0.310 e. The molecule has 1 atom stereocenters. The average molecular weight is 313 g/mol. The Hall–Kier alpha value is -0.580. The average Bonchev–Trinajstić information content (AvgIpc) is 2.83. The molecule has 2 rings (SSSR count). The summed E-state index contributed by atoms with van der Waals surface area (Å²) in [6.07, 6.45) is 9.19. The number of likely N-dealkylation sites (N-methyl/N-ethyl adjacent to an activating group) is 2. The van der Waals surface area contributed by atoms with Gasteiger partial charge in [0.25, 0.3) is 0 Å². The van der Waals surface area contributed by atoms with Gasteiger partial charge in [-0.2, -0.15) is 5.10 Å². The van der Waals surface area contributed by atoms with Gasteiger partial charge in [0.05, 0.1) is 23.0 Å². The SMILES string of the molecule is CCCn1ncc(Cl)c1C(NC)C1(N(C)C)CCCCC1. The van der Waals surface area contributed by atoms with Gasteiger partial charge >= 0.3 is 0 Å². The second-order valence-electron chi connectivity index (χ2n) is 6.38. The Labute approximate surface area is 133 Å². The van der Waals surface area contributed by atoms with Crippen molar-refractivity contribution in [3.63, 3.8) is 0 Å². The molecular weight excluding hydrogens is 284 g/mol. The lowest BCUT2D eigenvalue weighted by atomic mass is 9.74. The van der Waals surface area contributed by atoms with Gasteiger partial charge in [0.1, 0.15) is 0 Å². The molecule has 21 heavy (non-hydrogen) atoms. The van der Waals surface area contributed by atoms with E-state index in [1.54, 1.807) is 6.20 Å². The summed E-state index contributed by atoms with van der Waals surface area (Å²) >= 11 is 6.50. The fourth-order valence-electron chi connectivity index (χ4n) is 3.87. The monoisotopic (exact) mass is 312 g/mol. The molecule has 0 spiro atoms. The molecule has 1 fully saturated rings. The Morgan fingerprint density at radius 3 is 2.57 bits per heavy atom. The maximum Gasteiger partial charge on any atom is 0.0834 e. The molecule has 120 valence electrons. The number of nitrogens with zero attached hydrogens (tertiary/aromatic N) is 3. The molecule has 0 radical (unpaired) electrons. The van der Waals surface area contributed by atoms with Crippen LogP contribution in [0.3, 0.4) is 0 Å². The molecule has 0 bridgehead atoms. The second-order valence-corrected chi connectivity index (χ2v) is 6.79. The predicted octanol–water partition coefficient (Wildman–Crippen LogP) is 3.47. The van der Waals surface area contributed by atoms with Crippen molar-refractivity contribution in [2.75, 3.05) is 21.1 Å². The van der Waals surface area contributed by atoms with Crippen molar-refractivity contribution in [2.45, 2.75) is 63.6 Å². The first-order valence-corrected chi connectivity index (χ1v) is 8.50. The molecule has 0 amide bonds. The van der Waals surface area contributed by atoms with E-state index in [9.17, 15) is 0 Å². The molecule has 1 aliphatic carbocycles. The minimum atomic E-state index is 0.127. The van der Waals surface area contributed by atoms with Crippen LogP contribution in [0.5, 0.6) is 0 Å². The fourth-order valence-corrected chi connectivity index (χ4v) is 4.12. The summed E-state index contributed by atoms with van der Waals surface area (Å²) < 4.78 is 2.09. The number of aromatic nitrogens is 2. The molecule has 0 saturated heterocycles. The molecule has 0 aliphatic heterocycles. The second kappa shape index (κ2) is 7.12. The van der Waals surface area contributed by atoms with E-state index in [0.29, 0.717) is 0 Å². The molecule has 0 aromatic carbocycles. The molecule has 1 unspecified atom stereocenters. The van der Waals surface area contributed by atoms with Crippen LogP contribution in [-0.2, 0) is 6.54 Å². The first-order chi connectivity index (χ1) is 10.1. The molecule has 1 aliphatic rings. The molecule has 5 heteroatoms. The lowest BCUT2D eigenvalue weighted by Crippen LogP contribution is -2.54. The first kappa shape index (κ1) is 16.8. The van der Waals surface area contributed by atoms with E-state index in [1.165, 1.54) is 32.1 Å². The minimum Gasteiger partial charge on any atom is -0.310 e. The summed E-state index contributed by atoms with van der Waals surface area (Å²) in [5, 5.41) is 8.82. The van der Waals surface area contributed by atoms with E-state index < -0.39 is 0 Å². The van der Waals surface area contributed by atoms with Crippen LogP contribution in [0.25, 0.3) is 0 Å². The van der Waals surface area contributed by atoms with E-state index in [0.717, 1.165) is 23.7 Å². The summed E-state index contributed by atoms with van der Waals surface area (Å²) in [5.74, 6) is 0. The van der Waals surface area contributed by atoms with Crippen molar-refractivity contribution >= 4 is 11.6 Å². The van der Waals surface area contributed by atoms with Crippen molar-refractivity contribution in [1.82, 2.24) is 20.0 Å². The van der Waals surface area contributed by atoms with Crippen molar-refractivity contribution in [1.29, 1.82) is 0 Å². The van der Waals surface area contributed by atoms with Gasteiger partial charge in [0.15, 0.2) is 0 Å². The zero-order chi connectivity index (χ0) is 15.5. The van der Waals surface area contributed by atoms with Crippen LogP contribution < -0.4 is 5.32 Å². The van der Waals surface area contributed by atoms with Gasteiger partial charge in [0.2, 0.25) is 0 Å². The Kier molecular flexibility index (Phi) is 5.69. The van der Waals surface area contributed by atoms with Gasteiger partial charge in [-0.05, 0) is 40.4 Å². The Morgan fingerprint density at radius 1 is 1.38 bits per heavy atom. The van der Waals surface area contributed by atoms with E-state index in [1.807, 2.05) is 7.05 Å². The van der Waals surface area contributed by atoms with E-state index in [4.69, 9.17) is 11.6 Å². The maximum absolute atomic E-state index is 6.50. The van der Waals surface area contributed by atoms with Gasteiger partial charge in [0, 0.05) is 12.1 Å². The summed E-state index contributed by atoms with van der Waals surface area (Å²) in [7, 11) is 6.44. The highest BCUT2D eigenvalue weighted by Gasteiger charge is 2.44. The third kappa shape index (κ3) is 3.13. The van der Waals surface area contributed by atoms with Crippen molar-refractivity contribution in [2.24, 2.45) is 0 Å². The number of rotatable bonds is 6. The van der Waals surface area contributed by atoms with Gasteiger partial charge in [-0.25, -0.2) is 0 Å². The maximum atomic E-state index is 6.50. The lowest BCUT2D eigenvalue weighted by Gasteiger charge is -2.48. The van der Waals surface area contributed by atoms with E-state index >= 15 is 0 Å². The van der Waals surface area contributed by atoms with Crippen LogP contribution in [0.1, 0.15) is 57.2 Å². The van der Waals surface area contributed by atoms with Crippen LogP contribution >= 0.6 is 11.6 Å².